The number of rotatable bonds is 7. The Hall–Kier alpha value is -2.08. The van der Waals surface area contributed by atoms with E-state index in [1.807, 2.05) is 19.1 Å². The molecule has 1 saturated heterocycles. The number of benzene rings is 1. The number of nitrogens with zero attached hydrogens (tertiary/aromatic N) is 1. The lowest BCUT2D eigenvalue weighted by Crippen LogP contribution is -2.60. The van der Waals surface area contributed by atoms with Crippen molar-refractivity contribution in [1.82, 2.24) is 10.2 Å². The molecule has 2 amide bonds. The van der Waals surface area contributed by atoms with E-state index in [-0.39, 0.29) is 29.8 Å². The van der Waals surface area contributed by atoms with Gasteiger partial charge in [-0.05, 0) is 49.3 Å². The molecule has 1 heterocycles. The van der Waals surface area contributed by atoms with Gasteiger partial charge >= 0.3 is 0 Å². The van der Waals surface area contributed by atoms with Crippen LogP contribution in [0.15, 0.2) is 24.3 Å². The molecule has 164 valence electrons. The largest absolute Gasteiger partial charge is 0.497 e. The summed E-state index contributed by atoms with van der Waals surface area (Å²) in [6.07, 6.45) is 5.24. The van der Waals surface area contributed by atoms with Gasteiger partial charge in [-0.25, -0.2) is 0 Å². The first-order valence-electron chi connectivity index (χ1n) is 11.3. The Kier molecular flexibility index (Phi) is 6.32. The van der Waals surface area contributed by atoms with Gasteiger partial charge in [-0.3, -0.25) is 9.59 Å². The lowest BCUT2D eigenvalue weighted by Gasteiger charge is -2.55. The number of amides is 2. The Bertz CT molecular complexity index is 765. The average Bonchev–Trinajstić information content (AvgIpc) is 3.15. The van der Waals surface area contributed by atoms with Gasteiger partial charge < -0.3 is 19.7 Å². The van der Waals surface area contributed by atoms with Crippen molar-refractivity contribution in [2.45, 2.75) is 57.0 Å². The van der Waals surface area contributed by atoms with Gasteiger partial charge in [0.05, 0.1) is 25.7 Å². The van der Waals surface area contributed by atoms with Crippen molar-refractivity contribution in [2.75, 3.05) is 27.4 Å². The molecule has 2 aliphatic carbocycles. The van der Waals surface area contributed by atoms with Gasteiger partial charge in [0.1, 0.15) is 5.75 Å². The first-order valence-corrected chi connectivity index (χ1v) is 11.3. The molecule has 0 spiro atoms. The van der Waals surface area contributed by atoms with Crippen molar-refractivity contribution in [3.05, 3.63) is 29.8 Å². The number of hydrogen-bond donors (Lipinski definition) is 1. The van der Waals surface area contributed by atoms with Crippen molar-refractivity contribution < 1.29 is 19.1 Å². The van der Waals surface area contributed by atoms with Crippen LogP contribution in [0.1, 0.15) is 50.5 Å². The Labute approximate surface area is 179 Å². The number of hydrogen-bond acceptors (Lipinski definition) is 4. The number of fused-ring (bicyclic) bond motifs is 1. The highest BCUT2D eigenvalue weighted by Gasteiger charge is 2.52. The zero-order valence-electron chi connectivity index (χ0n) is 18.3. The van der Waals surface area contributed by atoms with Crippen LogP contribution in [-0.2, 0) is 14.3 Å². The first-order chi connectivity index (χ1) is 14.5. The minimum atomic E-state index is -0.268. The maximum Gasteiger partial charge on any atom is 0.225 e. The third kappa shape index (κ3) is 3.94. The van der Waals surface area contributed by atoms with Crippen LogP contribution in [0.5, 0.6) is 5.75 Å². The number of likely N-dealkylation sites (tertiary alicyclic amines) is 1. The van der Waals surface area contributed by atoms with Crippen LogP contribution in [0.4, 0.5) is 0 Å². The number of nitrogens with one attached hydrogen (secondary N) is 1. The molecule has 0 bridgehead atoms. The van der Waals surface area contributed by atoms with Crippen molar-refractivity contribution in [2.24, 2.45) is 17.8 Å². The van der Waals surface area contributed by atoms with Gasteiger partial charge in [0.15, 0.2) is 0 Å². The van der Waals surface area contributed by atoms with E-state index in [0.717, 1.165) is 5.75 Å². The lowest BCUT2D eigenvalue weighted by atomic mass is 9.53. The molecule has 30 heavy (non-hydrogen) atoms. The number of ether oxygens (including phenoxy) is 2. The molecule has 2 saturated carbocycles. The van der Waals surface area contributed by atoms with E-state index >= 15 is 0 Å². The fourth-order valence-electron chi connectivity index (χ4n) is 5.89. The van der Waals surface area contributed by atoms with E-state index < -0.39 is 0 Å². The van der Waals surface area contributed by atoms with Gasteiger partial charge in [-0.15, -0.1) is 0 Å². The molecule has 1 aliphatic heterocycles. The highest BCUT2D eigenvalue weighted by atomic mass is 16.5. The number of carbonyl (C=O) groups excluding carboxylic acids is 2. The van der Waals surface area contributed by atoms with Crippen molar-refractivity contribution in [1.29, 1.82) is 0 Å². The fourth-order valence-corrected chi connectivity index (χ4v) is 5.89. The first kappa shape index (κ1) is 21.2. The molecule has 6 heteroatoms. The predicted octanol–water partition coefficient (Wildman–Crippen LogP) is 2.97. The molecule has 6 atom stereocenters. The average molecular weight is 415 g/mol. The maximum absolute atomic E-state index is 13.1. The summed E-state index contributed by atoms with van der Waals surface area (Å²) < 4.78 is 10.5. The minimum Gasteiger partial charge on any atom is -0.497 e. The quantitative estimate of drug-likeness (QED) is 0.745. The van der Waals surface area contributed by atoms with Crippen LogP contribution < -0.4 is 10.1 Å². The van der Waals surface area contributed by atoms with Crippen LogP contribution >= 0.6 is 0 Å². The van der Waals surface area contributed by atoms with Crippen LogP contribution in [0.25, 0.3) is 0 Å². The number of methoxy groups -OCH3 is 2. The van der Waals surface area contributed by atoms with E-state index in [1.165, 1.54) is 31.2 Å². The second-order valence-corrected chi connectivity index (χ2v) is 9.20. The Morgan fingerprint density at radius 1 is 1.17 bits per heavy atom. The van der Waals surface area contributed by atoms with E-state index in [1.54, 1.807) is 19.1 Å². The second-order valence-electron chi connectivity index (χ2n) is 9.20. The van der Waals surface area contributed by atoms with E-state index in [2.05, 4.69) is 17.4 Å². The second kappa shape index (κ2) is 8.96. The third-order valence-corrected chi connectivity index (χ3v) is 7.46. The summed E-state index contributed by atoms with van der Waals surface area (Å²) in [5.74, 6) is 2.21. The molecule has 4 unspecified atom stereocenters. The predicted molar refractivity (Wildman–Crippen MR) is 114 cm³/mol. The summed E-state index contributed by atoms with van der Waals surface area (Å²) in [6, 6.07) is 8.46. The Balaban J connectivity index is 1.45. The van der Waals surface area contributed by atoms with Crippen molar-refractivity contribution >= 4 is 11.8 Å². The Morgan fingerprint density at radius 3 is 2.53 bits per heavy atom. The van der Waals surface area contributed by atoms with Gasteiger partial charge in [0.2, 0.25) is 11.8 Å². The number of carbonyl (C=O) groups is 2. The third-order valence-electron chi connectivity index (χ3n) is 7.46. The van der Waals surface area contributed by atoms with Gasteiger partial charge in [0.25, 0.3) is 0 Å². The van der Waals surface area contributed by atoms with E-state index in [0.29, 0.717) is 37.3 Å². The van der Waals surface area contributed by atoms with Crippen LogP contribution in [-0.4, -0.2) is 56.2 Å². The fraction of sp³-hybridized carbons (Fsp3) is 0.667. The van der Waals surface area contributed by atoms with Crippen molar-refractivity contribution in [3.8, 4) is 5.75 Å². The SMILES string of the molecule is COCC(C)N1CC(C(=O)N[C@@H]2C3CCCCC3[C@H]2c2ccc(OC)cc2)CC1=O. The summed E-state index contributed by atoms with van der Waals surface area (Å²) in [6.45, 7) is 2.95. The van der Waals surface area contributed by atoms with Crippen LogP contribution in [0.2, 0.25) is 0 Å². The van der Waals surface area contributed by atoms with Gasteiger partial charge in [-0.1, -0.05) is 25.0 Å². The molecule has 1 aromatic rings. The van der Waals surface area contributed by atoms with Crippen LogP contribution in [0, 0.1) is 17.8 Å². The highest BCUT2D eigenvalue weighted by Crippen LogP contribution is 2.54. The molecule has 4 rings (SSSR count). The summed E-state index contributed by atoms with van der Waals surface area (Å²) in [5, 5.41) is 3.37. The molecule has 1 aromatic carbocycles. The van der Waals surface area contributed by atoms with E-state index in [9.17, 15) is 9.59 Å². The van der Waals surface area contributed by atoms with Crippen molar-refractivity contribution in [3.63, 3.8) is 0 Å². The maximum atomic E-state index is 13.1. The summed E-state index contributed by atoms with van der Waals surface area (Å²) >= 11 is 0. The molecule has 3 fully saturated rings. The molecule has 6 nitrogen and oxygen atoms in total. The molecular weight excluding hydrogens is 380 g/mol. The smallest absolute Gasteiger partial charge is 0.225 e. The van der Waals surface area contributed by atoms with Gasteiger partial charge in [0, 0.05) is 32.0 Å². The summed E-state index contributed by atoms with van der Waals surface area (Å²) in [7, 11) is 3.32. The molecular formula is C24H34N2O4. The zero-order valence-corrected chi connectivity index (χ0v) is 18.3. The molecule has 0 radical (unpaired) electrons. The van der Waals surface area contributed by atoms with E-state index in [4.69, 9.17) is 9.47 Å². The molecule has 1 N–H and O–H groups in total. The topological polar surface area (TPSA) is 67.9 Å². The monoisotopic (exact) mass is 414 g/mol. The summed E-state index contributed by atoms with van der Waals surface area (Å²) in [5.41, 5.74) is 1.28. The normalized spacial score (nSPS) is 31.6. The minimum absolute atomic E-state index is 0.00113. The zero-order chi connectivity index (χ0) is 21.3. The standard InChI is InChI=1S/C24H34N2O4/c1-15(14-29-2)26-13-17(12-21(26)27)24(28)25-23-20-7-5-4-6-19(20)22(23)16-8-10-18(30-3)11-9-16/h8-11,15,17,19-20,22-23H,4-7,12-14H2,1-3H3,(H,25,28)/t15?,17?,19?,20?,22-,23-/m1/s1. The van der Waals surface area contributed by atoms with Gasteiger partial charge in [-0.2, -0.15) is 0 Å². The highest BCUT2D eigenvalue weighted by molar-refractivity contribution is 5.89. The molecule has 0 aromatic heterocycles. The molecule has 3 aliphatic rings. The lowest BCUT2D eigenvalue weighted by molar-refractivity contribution is -0.131. The summed E-state index contributed by atoms with van der Waals surface area (Å²) in [4.78, 5) is 27.3. The Morgan fingerprint density at radius 2 is 1.87 bits per heavy atom. The van der Waals surface area contributed by atoms with Crippen LogP contribution in [0.3, 0.4) is 0 Å².